The molecule has 0 saturated carbocycles. The van der Waals surface area contributed by atoms with Crippen LogP contribution in [0.5, 0.6) is 5.88 Å². The molecule has 0 unspecified atom stereocenters. The van der Waals surface area contributed by atoms with Gasteiger partial charge in [-0.15, -0.1) is 0 Å². The highest BCUT2D eigenvalue weighted by molar-refractivity contribution is 5.97. The Labute approximate surface area is 150 Å². The third kappa shape index (κ3) is 3.28. The molecule has 1 aromatic carbocycles. The molecule has 26 heavy (non-hydrogen) atoms. The predicted octanol–water partition coefficient (Wildman–Crippen LogP) is 2.06. The Kier molecular flexibility index (Phi) is 4.97. The van der Waals surface area contributed by atoms with Crippen molar-refractivity contribution in [2.24, 2.45) is 0 Å². The van der Waals surface area contributed by atoms with E-state index in [0.29, 0.717) is 41.3 Å². The number of pyridine rings is 1. The van der Waals surface area contributed by atoms with Crippen molar-refractivity contribution in [3.8, 4) is 5.88 Å². The molecule has 1 amide bonds. The summed E-state index contributed by atoms with van der Waals surface area (Å²) < 4.78 is 6.84. The van der Waals surface area contributed by atoms with E-state index in [9.17, 15) is 9.59 Å². The summed E-state index contributed by atoms with van der Waals surface area (Å²) in [4.78, 5) is 33.1. The standard InChI is InChI=1S/C19H20N4O3/c1-4-23-16-8-7-13(10-15(16)22-12(2)19(23)25)17(24)21-11-14-6-5-9-20-18(14)26-3/h5-10H,4,11H2,1-3H3,(H,21,24). The van der Waals surface area contributed by atoms with E-state index >= 15 is 0 Å². The molecule has 0 spiro atoms. The number of nitrogens with zero attached hydrogens (tertiary/aromatic N) is 3. The monoisotopic (exact) mass is 352 g/mol. The van der Waals surface area contributed by atoms with Crippen molar-refractivity contribution < 1.29 is 9.53 Å². The highest BCUT2D eigenvalue weighted by atomic mass is 16.5. The summed E-state index contributed by atoms with van der Waals surface area (Å²) in [7, 11) is 1.54. The second-order valence-corrected chi connectivity index (χ2v) is 5.80. The Morgan fingerprint density at radius 1 is 1.31 bits per heavy atom. The number of amides is 1. The number of aromatic nitrogens is 3. The summed E-state index contributed by atoms with van der Waals surface area (Å²) in [5.41, 5.74) is 2.91. The molecule has 3 aromatic rings. The summed E-state index contributed by atoms with van der Waals surface area (Å²) in [6.07, 6.45) is 1.63. The van der Waals surface area contributed by atoms with Crippen LogP contribution in [0, 0.1) is 6.92 Å². The minimum Gasteiger partial charge on any atom is -0.481 e. The van der Waals surface area contributed by atoms with Crippen LogP contribution in [0.25, 0.3) is 11.0 Å². The molecule has 7 nitrogen and oxygen atoms in total. The molecule has 2 aromatic heterocycles. The molecule has 134 valence electrons. The minimum atomic E-state index is -0.230. The first-order valence-corrected chi connectivity index (χ1v) is 8.32. The SMILES string of the molecule is CCn1c(=O)c(C)nc2cc(C(=O)NCc3cccnc3OC)ccc21. The molecule has 0 atom stereocenters. The van der Waals surface area contributed by atoms with Crippen molar-refractivity contribution in [1.29, 1.82) is 0 Å². The van der Waals surface area contributed by atoms with E-state index in [-0.39, 0.29) is 11.5 Å². The van der Waals surface area contributed by atoms with Gasteiger partial charge in [0.25, 0.3) is 11.5 Å². The maximum absolute atomic E-state index is 12.5. The molecule has 0 saturated heterocycles. The van der Waals surface area contributed by atoms with Gasteiger partial charge in [-0.3, -0.25) is 9.59 Å². The number of nitrogens with one attached hydrogen (secondary N) is 1. The second kappa shape index (κ2) is 7.35. The van der Waals surface area contributed by atoms with Crippen LogP contribution in [0.4, 0.5) is 0 Å². The van der Waals surface area contributed by atoms with Gasteiger partial charge in [-0.05, 0) is 38.1 Å². The number of carbonyl (C=O) groups is 1. The predicted molar refractivity (Wildman–Crippen MR) is 98.4 cm³/mol. The molecule has 7 heteroatoms. The highest BCUT2D eigenvalue weighted by Crippen LogP contribution is 2.15. The van der Waals surface area contributed by atoms with Gasteiger partial charge in [0.1, 0.15) is 5.69 Å². The second-order valence-electron chi connectivity index (χ2n) is 5.80. The van der Waals surface area contributed by atoms with Crippen molar-refractivity contribution in [2.45, 2.75) is 26.9 Å². The molecule has 0 fully saturated rings. The van der Waals surface area contributed by atoms with Crippen molar-refractivity contribution in [3.05, 3.63) is 63.7 Å². The fraction of sp³-hybridized carbons (Fsp3) is 0.263. The summed E-state index contributed by atoms with van der Waals surface area (Å²) in [5, 5.41) is 2.85. The first-order valence-electron chi connectivity index (χ1n) is 8.32. The molecule has 2 heterocycles. The first-order chi connectivity index (χ1) is 12.5. The molecule has 0 aliphatic rings. The van der Waals surface area contributed by atoms with Gasteiger partial charge in [0.15, 0.2) is 0 Å². The zero-order valence-corrected chi connectivity index (χ0v) is 14.9. The molecule has 0 aliphatic carbocycles. The van der Waals surface area contributed by atoms with E-state index in [0.717, 1.165) is 5.56 Å². The van der Waals surface area contributed by atoms with Crippen LogP contribution in [0.3, 0.4) is 0 Å². The van der Waals surface area contributed by atoms with Crippen LogP contribution in [-0.2, 0) is 13.1 Å². The van der Waals surface area contributed by atoms with Crippen molar-refractivity contribution in [2.75, 3.05) is 7.11 Å². The Hall–Kier alpha value is -3.22. The number of benzene rings is 1. The molecule has 0 aliphatic heterocycles. The Morgan fingerprint density at radius 2 is 2.12 bits per heavy atom. The summed E-state index contributed by atoms with van der Waals surface area (Å²) in [6.45, 7) is 4.43. The van der Waals surface area contributed by atoms with Gasteiger partial charge in [0.05, 0.1) is 18.1 Å². The average Bonchev–Trinajstić information content (AvgIpc) is 2.67. The zero-order valence-electron chi connectivity index (χ0n) is 14.9. The number of hydrogen-bond donors (Lipinski definition) is 1. The number of ether oxygens (including phenoxy) is 1. The van der Waals surface area contributed by atoms with Crippen molar-refractivity contribution in [3.63, 3.8) is 0 Å². The Morgan fingerprint density at radius 3 is 2.85 bits per heavy atom. The quantitative estimate of drug-likeness (QED) is 0.760. The van der Waals surface area contributed by atoms with E-state index in [1.807, 2.05) is 13.0 Å². The topological polar surface area (TPSA) is 86.1 Å². The number of hydrogen-bond acceptors (Lipinski definition) is 5. The third-order valence-corrected chi connectivity index (χ3v) is 4.17. The fourth-order valence-electron chi connectivity index (χ4n) is 2.85. The van der Waals surface area contributed by atoms with Gasteiger partial charge in [-0.2, -0.15) is 0 Å². The lowest BCUT2D eigenvalue weighted by atomic mass is 10.1. The molecule has 3 rings (SSSR count). The number of aryl methyl sites for hydroxylation is 2. The fourth-order valence-corrected chi connectivity index (χ4v) is 2.85. The first kappa shape index (κ1) is 17.6. The van der Waals surface area contributed by atoms with Crippen LogP contribution < -0.4 is 15.6 Å². The van der Waals surface area contributed by atoms with E-state index in [1.165, 1.54) is 7.11 Å². The maximum Gasteiger partial charge on any atom is 0.272 e. The molecular weight excluding hydrogens is 332 g/mol. The van der Waals surface area contributed by atoms with Gasteiger partial charge < -0.3 is 14.6 Å². The maximum atomic E-state index is 12.5. The normalized spacial score (nSPS) is 10.7. The van der Waals surface area contributed by atoms with Gasteiger partial charge in [0.2, 0.25) is 5.88 Å². The lowest BCUT2D eigenvalue weighted by molar-refractivity contribution is 0.0950. The third-order valence-electron chi connectivity index (χ3n) is 4.17. The van der Waals surface area contributed by atoms with Crippen LogP contribution in [0.2, 0.25) is 0 Å². The van der Waals surface area contributed by atoms with Crippen LogP contribution in [-0.4, -0.2) is 27.6 Å². The molecule has 0 radical (unpaired) electrons. The van der Waals surface area contributed by atoms with Crippen molar-refractivity contribution in [1.82, 2.24) is 19.9 Å². The highest BCUT2D eigenvalue weighted by Gasteiger charge is 2.12. The van der Waals surface area contributed by atoms with Gasteiger partial charge in [-0.25, -0.2) is 9.97 Å². The Bertz CT molecular complexity index is 1030. The van der Waals surface area contributed by atoms with Gasteiger partial charge in [0, 0.05) is 30.4 Å². The van der Waals surface area contributed by atoms with E-state index in [2.05, 4.69) is 15.3 Å². The summed E-state index contributed by atoms with van der Waals surface area (Å²) in [6, 6.07) is 8.78. The molecule has 0 bridgehead atoms. The smallest absolute Gasteiger partial charge is 0.272 e. The number of carbonyl (C=O) groups excluding carboxylic acids is 1. The number of methoxy groups -OCH3 is 1. The lowest BCUT2D eigenvalue weighted by Gasteiger charge is -2.11. The van der Waals surface area contributed by atoms with Crippen LogP contribution >= 0.6 is 0 Å². The average molecular weight is 352 g/mol. The zero-order chi connectivity index (χ0) is 18.7. The Balaban J connectivity index is 1.87. The summed E-state index contributed by atoms with van der Waals surface area (Å²) in [5.74, 6) is 0.252. The number of rotatable bonds is 5. The summed E-state index contributed by atoms with van der Waals surface area (Å²) >= 11 is 0. The van der Waals surface area contributed by atoms with Gasteiger partial charge >= 0.3 is 0 Å². The number of fused-ring (bicyclic) bond motifs is 1. The van der Waals surface area contributed by atoms with Crippen molar-refractivity contribution >= 4 is 16.9 Å². The van der Waals surface area contributed by atoms with Crippen LogP contribution in [0.15, 0.2) is 41.3 Å². The molecule has 1 N–H and O–H groups in total. The largest absolute Gasteiger partial charge is 0.481 e. The van der Waals surface area contributed by atoms with Crippen LogP contribution in [0.1, 0.15) is 28.5 Å². The van der Waals surface area contributed by atoms with Gasteiger partial charge in [-0.1, -0.05) is 6.07 Å². The van der Waals surface area contributed by atoms with E-state index < -0.39 is 0 Å². The van der Waals surface area contributed by atoms with E-state index in [4.69, 9.17) is 4.74 Å². The van der Waals surface area contributed by atoms with E-state index in [1.54, 1.807) is 42.0 Å². The minimum absolute atomic E-state index is 0.110. The lowest BCUT2D eigenvalue weighted by Crippen LogP contribution is -2.25. The molecular formula is C19H20N4O3.